The lowest BCUT2D eigenvalue weighted by Crippen LogP contribution is -1.96. The predicted octanol–water partition coefficient (Wildman–Crippen LogP) is 9.84. The number of hydrogen-bond donors (Lipinski definition) is 0. The zero-order valence-electron chi connectivity index (χ0n) is 24.3. The first-order valence-corrected chi connectivity index (χ1v) is 14.5. The third kappa shape index (κ3) is 8.47. The van der Waals surface area contributed by atoms with Gasteiger partial charge in [-0.25, -0.2) is 0 Å². The van der Waals surface area contributed by atoms with Crippen LogP contribution in [0.5, 0.6) is 11.5 Å². The largest absolute Gasteiger partial charge is 0.494 e. The Morgan fingerprint density at radius 2 is 0.905 bits per heavy atom. The second-order valence-corrected chi connectivity index (χ2v) is 10.0. The van der Waals surface area contributed by atoms with Crippen molar-refractivity contribution < 1.29 is 9.47 Å². The molecule has 4 aromatic carbocycles. The van der Waals surface area contributed by atoms with Crippen molar-refractivity contribution in [1.82, 2.24) is 0 Å². The lowest BCUT2D eigenvalue weighted by atomic mass is 9.99. The molecule has 0 saturated heterocycles. The Morgan fingerprint density at radius 3 is 1.21 bits per heavy atom. The maximum atomic E-state index is 9.77. The number of rotatable bonds is 13. The minimum Gasteiger partial charge on any atom is -0.494 e. The SMILES string of the molecule is CCCCOc1ccc(/C(C#N)=C/c2ccc(-c3ccc(/C=C(\C#N)c4ccc(OCCCC)cc4)cc3)cc2)cc1. The number of unbranched alkanes of at least 4 members (excludes halogenated alkanes) is 2. The number of ether oxygens (including phenoxy) is 2. The molecule has 0 aromatic heterocycles. The van der Waals surface area contributed by atoms with Gasteiger partial charge in [0.25, 0.3) is 0 Å². The van der Waals surface area contributed by atoms with Crippen LogP contribution < -0.4 is 9.47 Å². The Kier molecular flexibility index (Phi) is 11.1. The minimum absolute atomic E-state index is 0.603. The van der Waals surface area contributed by atoms with Gasteiger partial charge < -0.3 is 9.47 Å². The highest BCUT2D eigenvalue weighted by Crippen LogP contribution is 2.26. The van der Waals surface area contributed by atoms with E-state index in [1.165, 1.54) is 0 Å². The van der Waals surface area contributed by atoms with Crippen LogP contribution in [0.4, 0.5) is 0 Å². The van der Waals surface area contributed by atoms with Crippen LogP contribution in [-0.2, 0) is 0 Å². The highest BCUT2D eigenvalue weighted by atomic mass is 16.5. The van der Waals surface area contributed by atoms with Crippen LogP contribution in [0.2, 0.25) is 0 Å². The number of nitrogens with zero attached hydrogens (tertiary/aromatic N) is 2. The van der Waals surface area contributed by atoms with Gasteiger partial charge >= 0.3 is 0 Å². The first-order valence-electron chi connectivity index (χ1n) is 14.5. The minimum atomic E-state index is 0.603. The maximum Gasteiger partial charge on any atom is 0.119 e. The van der Waals surface area contributed by atoms with E-state index in [1.807, 2.05) is 84.9 Å². The zero-order valence-corrected chi connectivity index (χ0v) is 24.3. The molecule has 0 fully saturated rings. The van der Waals surface area contributed by atoms with Crippen molar-refractivity contribution in [1.29, 1.82) is 10.5 Å². The van der Waals surface area contributed by atoms with Crippen molar-refractivity contribution >= 4 is 23.3 Å². The predicted molar refractivity (Wildman–Crippen MR) is 173 cm³/mol. The molecule has 0 radical (unpaired) electrons. The number of hydrogen-bond acceptors (Lipinski definition) is 4. The summed E-state index contributed by atoms with van der Waals surface area (Å²) in [6.45, 7) is 5.67. The fourth-order valence-electron chi connectivity index (χ4n) is 4.37. The normalized spacial score (nSPS) is 11.4. The summed E-state index contributed by atoms with van der Waals surface area (Å²) in [6.07, 6.45) is 8.03. The second kappa shape index (κ2) is 15.7. The van der Waals surface area contributed by atoms with Gasteiger partial charge in [-0.3, -0.25) is 0 Å². The quantitative estimate of drug-likeness (QED) is 0.0940. The van der Waals surface area contributed by atoms with E-state index in [0.717, 1.165) is 70.6 Å². The van der Waals surface area contributed by atoms with Gasteiger partial charge in [-0.2, -0.15) is 10.5 Å². The van der Waals surface area contributed by atoms with E-state index in [2.05, 4.69) is 50.3 Å². The summed E-state index contributed by atoms with van der Waals surface area (Å²) in [5.74, 6) is 1.64. The molecule has 4 aromatic rings. The number of nitriles is 2. The molecule has 0 atom stereocenters. The molecule has 42 heavy (non-hydrogen) atoms. The van der Waals surface area contributed by atoms with E-state index in [1.54, 1.807) is 0 Å². The van der Waals surface area contributed by atoms with Crippen molar-refractivity contribution in [3.63, 3.8) is 0 Å². The van der Waals surface area contributed by atoms with Gasteiger partial charge in [0, 0.05) is 0 Å². The van der Waals surface area contributed by atoms with Gasteiger partial charge in [-0.1, -0.05) is 75.2 Å². The van der Waals surface area contributed by atoms with Crippen molar-refractivity contribution in [3.8, 4) is 34.8 Å². The van der Waals surface area contributed by atoms with Crippen LogP contribution in [0.1, 0.15) is 61.8 Å². The number of benzene rings is 4. The lowest BCUT2D eigenvalue weighted by Gasteiger charge is -2.07. The molecule has 4 heteroatoms. The molecule has 0 aliphatic carbocycles. The monoisotopic (exact) mass is 552 g/mol. The van der Waals surface area contributed by atoms with Gasteiger partial charge in [-0.15, -0.1) is 0 Å². The fourth-order valence-corrected chi connectivity index (χ4v) is 4.37. The third-order valence-electron chi connectivity index (χ3n) is 6.88. The molecule has 4 rings (SSSR count). The van der Waals surface area contributed by atoms with Crippen molar-refractivity contribution in [2.24, 2.45) is 0 Å². The fraction of sp³-hybridized carbons (Fsp3) is 0.211. The molecule has 0 bridgehead atoms. The smallest absolute Gasteiger partial charge is 0.119 e. The molecule has 0 unspecified atom stereocenters. The first kappa shape index (κ1) is 29.9. The third-order valence-corrected chi connectivity index (χ3v) is 6.88. The standard InChI is InChI=1S/C38H36N2O2/c1-3-5-23-41-37-19-15-33(16-20-37)35(27-39)25-29-7-11-31(12-8-29)32-13-9-30(10-14-32)26-36(28-40)34-17-21-38(22-18-34)42-24-6-4-2/h7-22,25-26H,3-6,23-24H2,1-2H3/b35-25+,36-26+. The van der Waals surface area contributed by atoms with E-state index in [0.29, 0.717) is 24.4 Å². The Morgan fingerprint density at radius 1 is 0.548 bits per heavy atom. The van der Waals surface area contributed by atoms with E-state index in [-0.39, 0.29) is 0 Å². The van der Waals surface area contributed by atoms with E-state index < -0.39 is 0 Å². The van der Waals surface area contributed by atoms with E-state index >= 15 is 0 Å². The topological polar surface area (TPSA) is 66.0 Å². The molecule has 0 N–H and O–H groups in total. The van der Waals surface area contributed by atoms with Crippen LogP contribution >= 0.6 is 0 Å². The van der Waals surface area contributed by atoms with Crippen LogP contribution in [0, 0.1) is 22.7 Å². The summed E-state index contributed by atoms with van der Waals surface area (Å²) in [4.78, 5) is 0. The first-order chi connectivity index (χ1) is 20.6. The van der Waals surface area contributed by atoms with Crippen LogP contribution in [-0.4, -0.2) is 13.2 Å². The highest BCUT2D eigenvalue weighted by molar-refractivity contribution is 5.91. The summed E-state index contributed by atoms with van der Waals surface area (Å²) in [5.41, 5.74) is 7.00. The van der Waals surface area contributed by atoms with Gasteiger partial charge in [-0.05, 0) is 107 Å². The summed E-state index contributed by atoms with van der Waals surface area (Å²) >= 11 is 0. The Labute approximate surface area is 249 Å². The van der Waals surface area contributed by atoms with Crippen LogP contribution in [0.3, 0.4) is 0 Å². The average Bonchev–Trinajstić information content (AvgIpc) is 3.04. The Balaban J connectivity index is 1.42. The molecule has 0 aliphatic heterocycles. The second-order valence-electron chi connectivity index (χ2n) is 10.0. The van der Waals surface area contributed by atoms with E-state index in [9.17, 15) is 10.5 Å². The van der Waals surface area contributed by atoms with Gasteiger partial charge in [0.05, 0.1) is 36.5 Å². The molecule has 210 valence electrons. The number of allylic oxidation sites excluding steroid dienone is 2. The highest BCUT2D eigenvalue weighted by Gasteiger charge is 2.05. The molecule has 0 aliphatic rings. The Bertz CT molecular complexity index is 1440. The molecule has 0 spiro atoms. The van der Waals surface area contributed by atoms with Gasteiger partial charge in [0.2, 0.25) is 0 Å². The molecular weight excluding hydrogens is 516 g/mol. The summed E-state index contributed by atoms with van der Waals surface area (Å²) < 4.78 is 11.5. The maximum absolute atomic E-state index is 9.77. The molecule has 0 amide bonds. The Hall–Kier alpha value is -5.06. The average molecular weight is 553 g/mol. The van der Waals surface area contributed by atoms with Crippen molar-refractivity contribution in [3.05, 3.63) is 119 Å². The van der Waals surface area contributed by atoms with Crippen LogP contribution in [0.15, 0.2) is 97.1 Å². The zero-order chi connectivity index (χ0) is 29.6. The van der Waals surface area contributed by atoms with E-state index in [4.69, 9.17) is 9.47 Å². The van der Waals surface area contributed by atoms with Crippen molar-refractivity contribution in [2.75, 3.05) is 13.2 Å². The van der Waals surface area contributed by atoms with Crippen molar-refractivity contribution in [2.45, 2.75) is 39.5 Å². The molecule has 0 heterocycles. The summed E-state index contributed by atoms with van der Waals surface area (Å²) in [5, 5.41) is 19.5. The summed E-state index contributed by atoms with van der Waals surface area (Å²) in [7, 11) is 0. The van der Waals surface area contributed by atoms with Gasteiger partial charge in [0.15, 0.2) is 0 Å². The molecule has 0 saturated carbocycles. The molecule has 4 nitrogen and oxygen atoms in total. The molecular formula is C38H36N2O2. The lowest BCUT2D eigenvalue weighted by molar-refractivity contribution is 0.309. The van der Waals surface area contributed by atoms with Crippen LogP contribution in [0.25, 0.3) is 34.4 Å². The summed E-state index contributed by atoms with van der Waals surface area (Å²) in [6, 6.07) is 36.3. The van der Waals surface area contributed by atoms with Gasteiger partial charge in [0.1, 0.15) is 11.5 Å².